The van der Waals surface area contributed by atoms with Crippen molar-refractivity contribution in [1.29, 1.82) is 0 Å². The molecule has 10 nitrogen and oxygen atoms in total. The fourth-order valence-electron chi connectivity index (χ4n) is 1.55. The minimum atomic E-state index is -0.718. The van der Waals surface area contributed by atoms with Crippen LogP contribution in [0.15, 0.2) is 23.4 Å². The van der Waals surface area contributed by atoms with Gasteiger partial charge in [0.2, 0.25) is 5.95 Å². The van der Waals surface area contributed by atoms with Crippen LogP contribution in [0.2, 0.25) is 0 Å². The predicted molar refractivity (Wildman–Crippen MR) is 70.9 cm³/mol. The van der Waals surface area contributed by atoms with Gasteiger partial charge in [-0.2, -0.15) is 9.67 Å². The fourth-order valence-corrected chi connectivity index (χ4v) is 2.05. The molecular weight excluding hydrogens is 288 g/mol. The van der Waals surface area contributed by atoms with Crippen molar-refractivity contribution in [3.8, 4) is 5.69 Å². The van der Waals surface area contributed by atoms with Crippen LogP contribution in [-0.4, -0.2) is 30.9 Å². The van der Waals surface area contributed by atoms with E-state index in [1.54, 1.807) is 6.26 Å². The Labute approximate surface area is 115 Å². The Morgan fingerprint density at radius 2 is 2.00 bits per heavy atom. The van der Waals surface area contributed by atoms with Crippen molar-refractivity contribution < 1.29 is 9.85 Å². The number of rotatable bonds is 4. The second kappa shape index (κ2) is 5.13. The summed E-state index contributed by atoms with van der Waals surface area (Å²) < 4.78 is 1.18. The molecule has 0 bridgehead atoms. The van der Waals surface area contributed by atoms with Gasteiger partial charge in [0.05, 0.1) is 15.9 Å². The van der Waals surface area contributed by atoms with E-state index in [2.05, 4.69) is 10.1 Å². The average molecular weight is 296 g/mol. The van der Waals surface area contributed by atoms with E-state index in [0.29, 0.717) is 5.16 Å². The lowest BCUT2D eigenvalue weighted by Crippen LogP contribution is -2.04. The van der Waals surface area contributed by atoms with Gasteiger partial charge in [0.25, 0.3) is 5.69 Å². The highest BCUT2D eigenvalue weighted by Gasteiger charge is 2.23. The molecule has 0 saturated heterocycles. The van der Waals surface area contributed by atoms with E-state index in [-0.39, 0.29) is 17.3 Å². The zero-order valence-corrected chi connectivity index (χ0v) is 10.9. The summed E-state index contributed by atoms with van der Waals surface area (Å²) >= 11 is 1.19. The molecule has 11 heteroatoms. The zero-order valence-electron chi connectivity index (χ0n) is 10.1. The number of hydrogen-bond acceptors (Lipinski definition) is 8. The first-order valence-electron chi connectivity index (χ1n) is 5.13. The Hall–Kier alpha value is -2.69. The van der Waals surface area contributed by atoms with Crippen LogP contribution >= 0.6 is 11.8 Å². The van der Waals surface area contributed by atoms with E-state index in [4.69, 9.17) is 5.73 Å². The molecule has 20 heavy (non-hydrogen) atoms. The van der Waals surface area contributed by atoms with E-state index < -0.39 is 15.5 Å². The standard InChI is InChI=1S/C9H8N6O4S/c1-20-9-11-8(10)12-13(9)6-3-2-5(14(16)17)4-7(6)15(18)19/h2-4H,1H3,(H2,10,12). The summed E-state index contributed by atoms with van der Waals surface area (Å²) in [6, 6.07) is 3.27. The molecule has 0 saturated carbocycles. The highest BCUT2D eigenvalue weighted by atomic mass is 32.2. The number of thioether (sulfide) groups is 1. The summed E-state index contributed by atoms with van der Waals surface area (Å²) in [6.45, 7) is 0. The zero-order chi connectivity index (χ0) is 14.9. The minimum Gasteiger partial charge on any atom is -0.366 e. The van der Waals surface area contributed by atoms with E-state index in [0.717, 1.165) is 12.1 Å². The number of hydrogen-bond donors (Lipinski definition) is 1. The van der Waals surface area contributed by atoms with Crippen molar-refractivity contribution in [2.45, 2.75) is 5.16 Å². The largest absolute Gasteiger partial charge is 0.366 e. The van der Waals surface area contributed by atoms with Gasteiger partial charge in [-0.15, -0.1) is 5.10 Å². The monoisotopic (exact) mass is 296 g/mol. The van der Waals surface area contributed by atoms with Gasteiger partial charge in [0.15, 0.2) is 5.16 Å². The van der Waals surface area contributed by atoms with Crippen LogP contribution in [0.4, 0.5) is 17.3 Å². The van der Waals surface area contributed by atoms with E-state index in [9.17, 15) is 20.2 Å². The Bertz CT molecular complexity index is 700. The summed E-state index contributed by atoms with van der Waals surface area (Å²) in [5, 5.41) is 25.9. The maximum Gasteiger partial charge on any atom is 0.301 e. The van der Waals surface area contributed by atoms with Crippen molar-refractivity contribution in [2.24, 2.45) is 0 Å². The molecule has 0 fully saturated rings. The van der Waals surface area contributed by atoms with Crippen molar-refractivity contribution in [1.82, 2.24) is 14.8 Å². The van der Waals surface area contributed by atoms with Crippen molar-refractivity contribution in [3.63, 3.8) is 0 Å². The van der Waals surface area contributed by atoms with E-state index in [1.807, 2.05) is 0 Å². The van der Waals surface area contributed by atoms with Crippen LogP contribution in [0.3, 0.4) is 0 Å². The molecule has 0 aliphatic heterocycles. The molecular formula is C9H8N6O4S. The summed E-state index contributed by atoms with van der Waals surface area (Å²) in [7, 11) is 0. The fraction of sp³-hybridized carbons (Fsp3) is 0.111. The quantitative estimate of drug-likeness (QED) is 0.506. The topological polar surface area (TPSA) is 143 Å². The molecule has 0 unspecified atom stereocenters. The lowest BCUT2D eigenvalue weighted by Gasteiger charge is -2.04. The third-order valence-electron chi connectivity index (χ3n) is 2.37. The number of anilines is 1. The Morgan fingerprint density at radius 3 is 2.55 bits per heavy atom. The van der Waals surface area contributed by atoms with Gasteiger partial charge in [-0.3, -0.25) is 20.2 Å². The van der Waals surface area contributed by atoms with Gasteiger partial charge in [0, 0.05) is 6.07 Å². The van der Waals surface area contributed by atoms with Gasteiger partial charge in [-0.05, 0) is 12.3 Å². The van der Waals surface area contributed by atoms with Crippen molar-refractivity contribution in [3.05, 3.63) is 38.4 Å². The van der Waals surface area contributed by atoms with Gasteiger partial charge in [-0.1, -0.05) is 11.8 Å². The Kier molecular flexibility index (Phi) is 3.52. The molecule has 0 atom stereocenters. The van der Waals surface area contributed by atoms with Gasteiger partial charge in [0.1, 0.15) is 5.69 Å². The number of nitrogen functional groups attached to an aromatic ring is 1. The number of nitrogens with two attached hydrogens (primary N) is 1. The van der Waals surface area contributed by atoms with Gasteiger partial charge < -0.3 is 5.73 Å². The number of aromatic nitrogens is 3. The third kappa shape index (κ3) is 2.38. The second-order valence-electron chi connectivity index (χ2n) is 3.56. The molecule has 104 valence electrons. The van der Waals surface area contributed by atoms with Crippen LogP contribution in [0, 0.1) is 20.2 Å². The van der Waals surface area contributed by atoms with Crippen LogP contribution in [0.1, 0.15) is 0 Å². The summed E-state index contributed by atoms with van der Waals surface area (Å²) in [4.78, 5) is 24.2. The molecule has 0 aliphatic carbocycles. The first-order valence-corrected chi connectivity index (χ1v) is 6.36. The molecule has 0 radical (unpaired) electrons. The summed E-state index contributed by atoms with van der Waals surface area (Å²) in [6.07, 6.45) is 1.71. The van der Waals surface area contributed by atoms with Crippen LogP contribution in [0.5, 0.6) is 0 Å². The molecule has 2 rings (SSSR count). The van der Waals surface area contributed by atoms with E-state index >= 15 is 0 Å². The Balaban J connectivity index is 2.67. The summed E-state index contributed by atoms with van der Waals surface area (Å²) in [5.74, 6) is -0.0398. The number of nitro groups is 2. The second-order valence-corrected chi connectivity index (χ2v) is 4.33. The first kappa shape index (κ1) is 13.7. The van der Waals surface area contributed by atoms with Crippen molar-refractivity contribution >= 4 is 29.1 Å². The minimum absolute atomic E-state index is 0.0398. The molecule has 0 aliphatic rings. The predicted octanol–water partition coefficient (Wildman–Crippen LogP) is 1.39. The highest BCUT2D eigenvalue weighted by molar-refractivity contribution is 7.98. The maximum atomic E-state index is 11.1. The van der Waals surface area contributed by atoms with Crippen LogP contribution < -0.4 is 5.73 Å². The molecule has 1 aromatic heterocycles. The normalized spacial score (nSPS) is 10.4. The third-order valence-corrected chi connectivity index (χ3v) is 3.00. The smallest absolute Gasteiger partial charge is 0.301 e. The number of nitrogens with zero attached hydrogens (tertiary/aromatic N) is 5. The molecule has 1 heterocycles. The number of benzene rings is 1. The molecule has 2 N–H and O–H groups in total. The van der Waals surface area contributed by atoms with E-state index in [1.165, 1.54) is 22.5 Å². The number of non-ortho nitro benzene ring substituents is 1. The molecule has 2 aromatic rings. The lowest BCUT2D eigenvalue weighted by molar-refractivity contribution is -0.394. The lowest BCUT2D eigenvalue weighted by atomic mass is 10.2. The SMILES string of the molecule is CSc1nc(N)nn1-c1ccc([N+](=O)[O-])cc1[N+](=O)[O-]. The van der Waals surface area contributed by atoms with Crippen LogP contribution in [0.25, 0.3) is 5.69 Å². The summed E-state index contributed by atoms with van der Waals surface area (Å²) in [5.41, 5.74) is 4.71. The van der Waals surface area contributed by atoms with Gasteiger partial charge >= 0.3 is 5.69 Å². The Morgan fingerprint density at radius 1 is 1.30 bits per heavy atom. The molecule has 0 spiro atoms. The molecule has 1 aromatic carbocycles. The van der Waals surface area contributed by atoms with Crippen molar-refractivity contribution in [2.75, 3.05) is 12.0 Å². The average Bonchev–Trinajstić information content (AvgIpc) is 2.78. The maximum absolute atomic E-state index is 11.1. The molecule has 0 amide bonds. The number of nitro benzene ring substituents is 2. The first-order chi connectivity index (χ1) is 9.43. The van der Waals surface area contributed by atoms with Crippen LogP contribution in [-0.2, 0) is 0 Å². The highest BCUT2D eigenvalue weighted by Crippen LogP contribution is 2.29. The van der Waals surface area contributed by atoms with Gasteiger partial charge in [-0.25, -0.2) is 0 Å².